The first-order valence-electron chi connectivity index (χ1n) is 9.56. The van der Waals surface area contributed by atoms with Crippen LogP contribution in [0.4, 0.5) is 5.69 Å². The van der Waals surface area contributed by atoms with Crippen molar-refractivity contribution in [3.05, 3.63) is 99.7 Å². The summed E-state index contributed by atoms with van der Waals surface area (Å²) in [4.78, 5) is 15.2. The number of H-pyrrole nitrogens is 1. The lowest BCUT2D eigenvalue weighted by Crippen LogP contribution is -2.29. The number of benzene rings is 3. The van der Waals surface area contributed by atoms with Gasteiger partial charge in [-0.3, -0.25) is 14.8 Å². The summed E-state index contributed by atoms with van der Waals surface area (Å²) in [5.74, 6) is 0.0176. The van der Waals surface area contributed by atoms with E-state index in [1.165, 1.54) is 0 Å². The number of nitrogens with zero attached hydrogens (tertiary/aromatic N) is 2. The van der Waals surface area contributed by atoms with Gasteiger partial charge in [0, 0.05) is 21.3 Å². The van der Waals surface area contributed by atoms with Gasteiger partial charge in [-0.15, -0.1) is 0 Å². The largest absolute Gasteiger partial charge is 0.508 e. The van der Waals surface area contributed by atoms with Crippen molar-refractivity contribution in [2.45, 2.75) is 13.0 Å². The Morgan fingerprint density at radius 1 is 1.03 bits per heavy atom. The van der Waals surface area contributed by atoms with E-state index < -0.39 is 6.04 Å². The molecule has 0 saturated carbocycles. The number of phenolic OH excluding ortho intramolecular Hbond substituents is 1. The van der Waals surface area contributed by atoms with E-state index in [0.717, 1.165) is 38.1 Å². The molecule has 1 aromatic heterocycles. The summed E-state index contributed by atoms with van der Waals surface area (Å²) in [5.41, 5.74) is 5.67. The Morgan fingerprint density at radius 3 is 2.47 bits per heavy atom. The minimum atomic E-state index is -0.403. The van der Waals surface area contributed by atoms with Crippen LogP contribution >= 0.6 is 15.9 Å². The van der Waals surface area contributed by atoms with E-state index in [0.29, 0.717) is 5.69 Å². The van der Waals surface area contributed by atoms with Gasteiger partial charge in [0.1, 0.15) is 11.4 Å². The predicted molar refractivity (Wildman–Crippen MR) is 120 cm³/mol. The summed E-state index contributed by atoms with van der Waals surface area (Å²) >= 11 is 3.46. The van der Waals surface area contributed by atoms with Gasteiger partial charge in [0.2, 0.25) is 0 Å². The lowest BCUT2D eigenvalue weighted by atomic mass is 9.95. The Morgan fingerprint density at radius 2 is 1.77 bits per heavy atom. The number of fused-ring (bicyclic) bond motifs is 1. The van der Waals surface area contributed by atoms with Crippen molar-refractivity contribution in [3.63, 3.8) is 0 Å². The summed E-state index contributed by atoms with van der Waals surface area (Å²) in [6.45, 7) is 2.01. The molecule has 0 spiro atoms. The lowest BCUT2D eigenvalue weighted by molar-refractivity contribution is 0.0988. The molecule has 1 amide bonds. The fourth-order valence-corrected chi connectivity index (χ4v) is 4.22. The predicted octanol–water partition coefficient (Wildman–Crippen LogP) is 5.60. The van der Waals surface area contributed by atoms with Crippen LogP contribution in [-0.4, -0.2) is 21.2 Å². The Kier molecular flexibility index (Phi) is 4.44. The van der Waals surface area contributed by atoms with Crippen LogP contribution in [0.2, 0.25) is 0 Å². The molecule has 0 aliphatic carbocycles. The second-order valence-electron chi connectivity index (χ2n) is 7.38. The molecule has 5 nitrogen and oxygen atoms in total. The SMILES string of the molecule is Cc1ccc(N2C(=O)c3[nH]nc(-c4ccc(Br)cc4)c3[C@@H]2c2cccc(O)c2)cc1. The van der Waals surface area contributed by atoms with Gasteiger partial charge in [-0.05, 0) is 48.9 Å². The molecule has 30 heavy (non-hydrogen) atoms. The zero-order valence-electron chi connectivity index (χ0n) is 16.1. The fraction of sp³-hybridized carbons (Fsp3) is 0.0833. The molecule has 0 unspecified atom stereocenters. The van der Waals surface area contributed by atoms with Crippen molar-refractivity contribution in [3.8, 4) is 17.0 Å². The van der Waals surface area contributed by atoms with Crippen LogP contribution in [0.5, 0.6) is 5.75 Å². The summed E-state index contributed by atoms with van der Waals surface area (Å²) in [7, 11) is 0. The second kappa shape index (κ2) is 7.15. The highest BCUT2D eigenvalue weighted by atomic mass is 79.9. The highest BCUT2D eigenvalue weighted by Crippen LogP contribution is 2.45. The number of aromatic nitrogens is 2. The van der Waals surface area contributed by atoms with Crippen molar-refractivity contribution in [1.82, 2.24) is 10.2 Å². The van der Waals surface area contributed by atoms with Crippen molar-refractivity contribution in [2.75, 3.05) is 4.90 Å². The quantitative estimate of drug-likeness (QED) is 0.418. The highest BCUT2D eigenvalue weighted by molar-refractivity contribution is 9.10. The number of aryl methyl sites for hydroxylation is 1. The third kappa shape index (κ3) is 3.00. The lowest BCUT2D eigenvalue weighted by Gasteiger charge is -2.26. The topological polar surface area (TPSA) is 69.2 Å². The number of halogens is 1. The number of amides is 1. The molecule has 1 aliphatic heterocycles. The molecular weight excluding hydrogens is 442 g/mol. The van der Waals surface area contributed by atoms with Crippen LogP contribution in [-0.2, 0) is 0 Å². The Hall–Kier alpha value is -3.38. The molecule has 148 valence electrons. The third-order valence-corrected chi connectivity index (χ3v) is 5.91. The van der Waals surface area contributed by atoms with E-state index in [4.69, 9.17) is 0 Å². The maximum absolute atomic E-state index is 13.4. The van der Waals surface area contributed by atoms with Crippen molar-refractivity contribution in [2.24, 2.45) is 0 Å². The number of nitrogens with one attached hydrogen (secondary N) is 1. The molecule has 6 heteroatoms. The first-order chi connectivity index (χ1) is 14.5. The fourth-order valence-electron chi connectivity index (χ4n) is 3.96. The molecular formula is C24H18BrN3O2. The molecule has 1 atom stereocenters. The van der Waals surface area contributed by atoms with Crippen LogP contribution in [0.1, 0.15) is 33.2 Å². The average molecular weight is 460 g/mol. The van der Waals surface area contributed by atoms with Gasteiger partial charge in [0.15, 0.2) is 0 Å². The maximum Gasteiger partial charge on any atom is 0.277 e. The number of carbonyl (C=O) groups is 1. The first-order valence-corrected chi connectivity index (χ1v) is 10.4. The number of rotatable bonds is 3. The molecule has 2 heterocycles. The van der Waals surface area contributed by atoms with Gasteiger partial charge in [-0.2, -0.15) is 5.10 Å². The molecule has 0 saturated heterocycles. The minimum absolute atomic E-state index is 0.141. The molecule has 5 rings (SSSR count). The maximum atomic E-state index is 13.4. The van der Waals surface area contributed by atoms with Gasteiger partial charge >= 0.3 is 0 Å². The van der Waals surface area contributed by atoms with Gasteiger partial charge in [-0.25, -0.2) is 0 Å². The van der Waals surface area contributed by atoms with E-state index in [1.54, 1.807) is 23.1 Å². The number of aromatic hydroxyl groups is 1. The molecule has 0 bridgehead atoms. The molecule has 4 aromatic rings. The number of carbonyl (C=O) groups excluding carboxylic acids is 1. The highest BCUT2D eigenvalue weighted by Gasteiger charge is 2.43. The molecule has 0 fully saturated rings. The number of anilines is 1. The van der Waals surface area contributed by atoms with Gasteiger partial charge in [0.05, 0.1) is 11.7 Å². The van der Waals surface area contributed by atoms with Crippen LogP contribution in [0.25, 0.3) is 11.3 Å². The first kappa shape index (κ1) is 18.6. The number of aromatic amines is 1. The molecule has 3 aromatic carbocycles. The number of hydrogen-bond donors (Lipinski definition) is 2. The van der Waals surface area contributed by atoms with E-state index in [-0.39, 0.29) is 11.7 Å². The van der Waals surface area contributed by atoms with Crippen LogP contribution in [0, 0.1) is 6.92 Å². The second-order valence-corrected chi connectivity index (χ2v) is 8.29. The van der Waals surface area contributed by atoms with Gasteiger partial charge < -0.3 is 5.11 Å². The summed E-state index contributed by atoms with van der Waals surface area (Å²) in [5, 5.41) is 17.6. The van der Waals surface area contributed by atoms with Crippen LogP contribution < -0.4 is 4.90 Å². The Labute approximate surface area is 182 Å². The zero-order valence-corrected chi connectivity index (χ0v) is 17.7. The molecule has 1 aliphatic rings. The summed E-state index contributed by atoms with van der Waals surface area (Å²) in [6.07, 6.45) is 0. The van der Waals surface area contributed by atoms with Gasteiger partial charge in [0.25, 0.3) is 5.91 Å². The Balaban J connectivity index is 1.72. The zero-order chi connectivity index (χ0) is 20.8. The average Bonchev–Trinajstić information content (AvgIpc) is 3.28. The normalized spacial score (nSPS) is 15.5. The van der Waals surface area contributed by atoms with E-state index in [2.05, 4.69) is 26.1 Å². The van der Waals surface area contributed by atoms with Crippen LogP contribution in [0.15, 0.2) is 77.3 Å². The van der Waals surface area contributed by atoms with E-state index >= 15 is 0 Å². The van der Waals surface area contributed by atoms with Crippen molar-refractivity contribution < 1.29 is 9.90 Å². The number of phenols is 1. The summed E-state index contributed by atoms with van der Waals surface area (Å²) in [6, 6.07) is 22.4. The minimum Gasteiger partial charge on any atom is -0.508 e. The third-order valence-electron chi connectivity index (χ3n) is 5.38. The van der Waals surface area contributed by atoms with Crippen molar-refractivity contribution in [1.29, 1.82) is 0 Å². The van der Waals surface area contributed by atoms with Crippen molar-refractivity contribution >= 4 is 27.5 Å². The number of hydrogen-bond acceptors (Lipinski definition) is 3. The standard InChI is InChI=1S/C24H18BrN3O2/c1-14-5-11-18(12-6-14)28-23(16-3-2-4-19(29)13-16)20-21(26-27-22(20)24(28)30)15-7-9-17(25)10-8-15/h2-13,23,29H,1H3,(H,26,27)/t23-/m0/s1. The summed E-state index contributed by atoms with van der Waals surface area (Å²) < 4.78 is 0.973. The van der Waals surface area contributed by atoms with E-state index in [1.807, 2.05) is 61.5 Å². The smallest absolute Gasteiger partial charge is 0.277 e. The van der Waals surface area contributed by atoms with Gasteiger partial charge in [-0.1, -0.05) is 57.9 Å². The Bertz CT molecular complexity index is 1250. The van der Waals surface area contributed by atoms with Crippen LogP contribution in [0.3, 0.4) is 0 Å². The van der Waals surface area contributed by atoms with E-state index in [9.17, 15) is 9.90 Å². The monoisotopic (exact) mass is 459 g/mol. The molecule has 0 radical (unpaired) electrons. The molecule has 2 N–H and O–H groups in total.